The summed E-state index contributed by atoms with van der Waals surface area (Å²) < 4.78 is 0. The molecular weight excluding hydrogens is 240 g/mol. The van der Waals surface area contributed by atoms with Crippen molar-refractivity contribution in [2.75, 3.05) is 18.4 Å². The van der Waals surface area contributed by atoms with Crippen LogP contribution in [-0.4, -0.2) is 39.9 Å². The van der Waals surface area contributed by atoms with Gasteiger partial charge in [-0.25, -0.2) is 9.97 Å². The zero-order valence-electron chi connectivity index (χ0n) is 12.3. The molecule has 0 aliphatic carbocycles. The summed E-state index contributed by atoms with van der Waals surface area (Å²) >= 11 is 0. The van der Waals surface area contributed by atoms with Crippen molar-refractivity contribution in [3.05, 3.63) is 18.1 Å². The summed E-state index contributed by atoms with van der Waals surface area (Å²) in [6.07, 6.45) is 3.52. The van der Waals surface area contributed by atoms with Crippen LogP contribution in [0.25, 0.3) is 0 Å². The van der Waals surface area contributed by atoms with Gasteiger partial charge in [-0.2, -0.15) is 0 Å². The number of aromatic nitrogens is 2. The molecule has 2 rings (SSSR count). The lowest BCUT2D eigenvalue weighted by molar-refractivity contribution is -0.129. The number of rotatable bonds is 2. The number of aryl methyl sites for hydroxylation is 1. The third kappa shape index (κ3) is 4.85. The predicted molar refractivity (Wildman–Crippen MR) is 77.0 cm³/mol. The van der Waals surface area contributed by atoms with E-state index in [-0.39, 0.29) is 5.91 Å². The van der Waals surface area contributed by atoms with Crippen LogP contribution in [0.5, 0.6) is 0 Å². The highest BCUT2D eigenvalue weighted by molar-refractivity contribution is 5.73. The molecule has 0 unspecified atom stereocenters. The van der Waals surface area contributed by atoms with E-state index < -0.39 is 0 Å². The number of anilines is 1. The standard InChI is InChI=1S/C12H18N4O.C2H6/c1-9-7-12(14-8-13-9)15-11-3-5-16(6-4-11)10(2)17;1-2/h7-8,11H,3-6H2,1-2H3,(H,13,14,15);1-2H3. The maximum absolute atomic E-state index is 11.2. The van der Waals surface area contributed by atoms with Crippen LogP contribution in [0, 0.1) is 6.92 Å². The van der Waals surface area contributed by atoms with Crippen LogP contribution in [0.4, 0.5) is 5.82 Å². The Kier molecular flexibility index (Phi) is 6.25. The van der Waals surface area contributed by atoms with E-state index in [0.29, 0.717) is 6.04 Å². The van der Waals surface area contributed by atoms with Crippen LogP contribution < -0.4 is 5.32 Å². The first kappa shape index (κ1) is 15.4. The van der Waals surface area contributed by atoms with Crippen molar-refractivity contribution in [2.24, 2.45) is 0 Å². The molecule has 0 bridgehead atoms. The molecule has 5 heteroatoms. The first-order valence-corrected chi connectivity index (χ1v) is 6.96. The SMILES string of the molecule is CC.CC(=O)N1CCC(Nc2cc(C)ncn2)CC1. The van der Waals surface area contributed by atoms with Gasteiger partial charge in [-0.15, -0.1) is 0 Å². The Morgan fingerprint density at radius 2 is 1.95 bits per heavy atom. The van der Waals surface area contributed by atoms with Crippen molar-refractivity contribution in [1.82, 2.24) is 14.9 Å². The molecular formula is C14H24N4O. The highest BCUT2D eigenvalue weighted by atomic mass is 16.2. The summed E-state index contributed by atoms with van der Waals surface area (Å²) in [5.74, 6) is 1.04. The van der Waals surface area contributed by atoms with Gasteiger partial charge >= 0.3 is 0 Å². The number of piperidine rings is 1. The van der Waals surface area contributed by atoms with Gasteiger partial charge in [0.05, 0.1) is 0 Å². The van der Waals surface area contributed by atoms with Crippen LogP contribution in [0.2, 0.25) is 0 Å². The second kappa shape index (κ2) is 7.71. The highest BCUT2D eigenvalue weighted by Crippen LogP contribution is 2.15. The number of nitrogens with one attached hydrogen (secondary N) is 1. The summed E-state index contributed by atoms with van der Waals surface area (Å²) in [5.41, 5.74) is 0.962. The summed E-state index contributed by atoms with van der Waals surface area (Å²) in [6, 6.07) is 2.34. The van der Waals surface area contributed by atoms with E-state index in [1.54, 1.807) is 13.3 Å². The fourth-order valence-electron chi connectivity index (χ4n) is 2.08. The molecule has 19 heavy (non-hydrogen) atoms. The molecule has 1 amide bonds. The number of likely N-dealkylation sites (tertiary alicyclic amines) is 1. The molecule has 0 atom stereocenters. The molecule has 1 fully saturated rings. The largest absolute Gasteiger partial charge is 0.367 e. The van der Waals surface area contributed by atoms with Crippen molar-refractivity contribution < 1.29 is 4.79 Å². The molecule has 1 aliphatic rings. The summed E-state index contributed by atoms with van der Waals surface area (Å²) in [4.78, 5) is 21.3. The molecule has 1 aliphatic heterocycles. The zero-order valence-corrected chi connectivity index (χ0v) is 12.3. The Morgan fingerprint density at radius 3 is 2.47 bits per heavy atom. The maximum Gasteiger partial charge on any atom is 0.219 e. The van der Waals surface area contributed by atoms with Crippen LogP contribution in [-0.2, 0) is 4.79 Å². The Morgan fingerprint density at radius 1 is 1.32 bits per heavy atom. The lowest BCUT2D eigenvalue weighted by Crippen LogP contribution is -2.41. The van der Waals surface area contributed by atoms with Gasteiger partial charge in [0.15, 0.2) is 0 Å². The van der Waals surface area contributed by atoms with Gasteiger partial charge in [-0.3, -0.25) is 4.79 Å². The smallest absolute Gasteiger partial charge is 0.219 e. The Labute approximate surface area is 115 Å². The average molecular weight is 264 g/mol. The van der Waals surface area contributed by atoms with Crippen LogP contribution >= 0.6 is 0 Å². The van der Waals surface area contributed by atoms with Gasteiger partial charge in [0.25, 0.3) is 0 Å². The molecule has 1 saturated heterocycles. The first-order valence-electron chi connectivity index (χ1n) is 6.96. The monoisotopic (exact) mass is 264 g/mol. The maximum atomic E-state index is 11.2. The zero-order chi connectivity index (χ0) is 14.3. The lowest BCUT2D eigenvalue weighted by atomic mass is 10.1. The minimum Gasteiger partial charge on any atom is -0.367 e. The molecule has 5 nitrogen and oxygen atoms in total. The highest BCUT2D eigenvalue weighted by Gasteiger charge is 2.20. The Hall–Kier alpha value is -1.65. The molecule has 1 aromatic rings. The number of hydrogen-bond donors (Lipinski definition) is 1. The molecule has 1 N–H and O–H groups in total. The van der Waals surface area contributed by atoms with Crippen LogP contribution in [0.1, 0.15) is 39.3 Å². The van der Waals surface area contributed by atoms with Gasteiger partial charge in [-0.1, -0.05) is 13.8 Å². The van der Waals surface area contributed by atoms with E-state index in [2.05, 4.69) is 15.3 Å². The fourth-order valence-corrected chi connectivity index (χ4v) is 2.08. The third-order valence-electron chi connectivity index (χ3n) is 3.10. The van der Waals surface area contributed by atoms with Gasteiger partial charge in [0.1, 0.15) is 12.1 Å². The molecule has 2 heterocycles. The molecule has 0 radical (unpaired) electrons. The summed E-state index contributed by atoms with van der Waals surface area (Å²) in [5, 5.41) is 3.39. The fraction of sp³-hybridized carbons (Fsp3) is 0.643. The number of carbonyl (C=O) groups is 1. The van der Waals surface area contributed by atoms with Crippen LogP contribution in [0.15, 0.2) is 12.4 Å². The lowest BCUT2D eigenvalue weighted by Gasteiger charge is -2.31. The van der Waals surface area contributed by atoms with E-state index in [0.717, 1.165) is 37.4 Å². The quantitative estimate of drug-likeness (QED) is 0.890. The number of hydrogen-bond acceptors (Lipinski definition) is 4. The average Bonchev–Trinajstić information content (AvgIpc) is 2.41. The number of amides is 1. The van der Waals surface area contributed by atoms with Crippen molar-refractivity contribution in [1.29, 1.82) is 0 Å². The van der Waals surface area contributed by atoms with Gasteiger partial charge < -0.3 is 10.2 Å². The second-order valence-corrected chi connectivity index (χ2v) is 4.47. The topological polar surface area (TPSA) is 58.1 Å². The Bertz CT molecular complexity index is 400. The summed E-state index contributed by atoms with van der Waals surface area (Å²) in [6.45, 7) is 9.24. The van der Waals surface area contributed by atoms with Gasteiger partial charge in [-0.05, 0) is 19.8 Å². The minimum absolute atomic E-state index is 0.168. The normalized spacial score (nSPS) is 15.5. The van der Waals surface area contributed by atoms with E-state index >= 15 is 0 Å². The number of nitrogens with zero attached hydrogens (tertiary/aromatic N) is 3. The molecule has 0 aromatic carbocycles. The van der Waals surface area contributed by atoms with E-state index in [4.69, 9.17) is 0 Å². The minimum atomic E-state index is 0.168. The predicted octanol–water partition coefficient (Wildman–Crippen LogP) is 2.23. The number of carbonyl (C=O) groups excluding carboxylic acids is 1. The van der Waals surface area contributed by atoms with Crippen molar-refractivity contribution in [3.8, 4) is 0 Å². The molecule has 0 spiro atoms. The molecule has 106 valence electrons. The van der Waals surface area contributed by atoms with Crippen molar-refractivity contribution in [2.45, 2.75) is 46.6 Å². The first-order chi connectivity index (χ1) is 9.15. The molecule has 0 saturated carbocycles. The van der Waals surface area contributed by atoms with E-state index in [1.165, 1.54) is 0 Å². The van der Waals surface area contributed by atoms with Crippen molar-refractivity contribution in [3.63, 3.8) is 0 Å². The van der Waals surface area contributed by atoms with Crippen LogP contribution in [0.3, 0.4) is 0 Å². The molecule has 1 aromatic heterocycles. The van der Waals surface area contributed by atoms with Crippen molar-refractivity contribution >= 4 is 11.7 Å². The Balaban J connectivity index is 0.000000861. The third-order valence-corrected chi connectivity index (χ3v) is 3.10. The van der Waals surface area contributed by atoms with Gasteiger partial charge in [0, 0.05) is 37.8 Å². The summed E-state index contributed by atoms with van der Waals surface area (Å²) in [7, 11) is 0. The van der Waals surface area contributed by atoms with Gasteiger partial charge in [0.2, 0.25) is 5.91 Å². The van der Waals surface area contributed by atoms with E-state index in [1.807, 2.05) is 31.7 Å². The van der Waals surface area contributed by atoms with E-state index in [9.17, 15) is 4.79 Å². The second-order valence-electron chi connectivity index (χ2n) is 4.47.